The van der Waals surface area contributed by atoms with Crippen molar-refractivity contribution in [2.75, 3.05) is 18.6 Å². The van der Waals surface area contributed by atoms with Crippen molar-refractivity contribution in [3.05, 3.63) is 29.3 Å². The van der Waals surface area contributed by atoms with E-state index in [0.29, 0.717) is 12.1 Å². The molecule has 1 unspecified atom stereocenters. The molecule has 3 heterocycles. The fourth-order valence-electron chi connectivity index (χ4n) is 2.65. The second kappa shape index (κ2) is 5.51. The Morgan fingerprint density at radius 1 is 1.50 bits per heavy atom. The van der Waals surface area contributed by atoms with Gasteiger partial charge < -0.3 is 4.90 Å². The van der Waals surface area contributed by atoms with Crippen molar-refractivity contribution in [3.63, 3.8) is 0 Å². The normalized spacial score (nSPS) is 20.2. The molecule has 1 saturated heterocycles. The number of rotatable bonds is 3. The average molecular weight is 339 g/mol. The van der Waals surface area contributed by atoms with E-state index in [0.717, 1.165) is 10.6 Å². The van der Waals surface area contributed by atoms with Gasteiger partial charge in [-0.2, -0.15) is 5.10 Å². The Hall–Kier alpha value is -1.67. The van der Waals surface area contributed by atoms with Crippen LogP contribution in [0.25, 0.3) is 10.6 Å². The number of aryl methyl sites for hydroxylation is 1. The van der Waals surface area contributed by atoms with Crippen LogP contribution in [0.3, 0.4) is 0 Å². The van der Waals surface area contributed by atoms with Crippen molar-refractivity contribution in [1.29, 1.82) is 0 Å². The lowest BCUT2D eigenvalue weighted by Gasteiger charge is -2.22. The van der Waals surface area contributed by atoms with Crippen LogP contribution in [0.4, 0.5) is 0 Å². The van der Waals surface area contributed by atoms with E-state index in [1.54, 1.807) is 36.2 Å². The number of carbonyl (C=O) groups excluding carboxylic acids is 1. The average Bonchev–Trinajstić information content (AvgIpc) is 3.16. The van der Waals surface area contributed by atoms with Gasteiger partial charge in [0.25, 0.3) is 5.91 Å². The minimum Gasteiger partial charge on any atom is -0.336 e. The standard InChI is InChI=1S/C14H17N3O3S2/c1-16(10-5-7-22(19,20)9-10)14(18)11-8-12(17(2)15-11)13-4-3-6-21-13/h3-4,6,8,10H,5,7,9H2,1-2H3. The fourth-order valence-corrected chi connectivity index (χ4v) is 5.20. The first-order valence-electron chi connectivity index (χ1n) is 6.93. The number of nitrogens with zero attached hydrogens (tertiary/aromatic N) is 3. The first-order valence-corrected chi connectivity index (χ1v) is 9.63. The highest BCUT2D eigenvalue weighted by Gasteiger charge is 2.33. The lowest BCUT2D eigenvalue weighted by molar-refractivity contribution is 0.0741. The molecule has 0 aliphatic carbocycles. The van der Waals surface area contributed by atoms with Crippen molar-refractivity contribution in [2.45, 2.75) is 12.5 Å². The molecule has 1 amide bonds. The second-order valence-electron chi connectivity index (χ2n) is 5.49. The Labute approximate surface area is 133 Å². The van der Waals surface area contributed by atoms with Gasteiger partial charge in [-0.1, -0.05) is 6.07 Å². The van der Waals surface area contributed by atoms with Crippen LogP contribution in [-0.4, -0.2) is 53.6 Å². The molecule has 2 aromatic rings. The number of hydrogen-bond acceptors (Lipinski definition) is 5. The lowest BCUT2D eigenvalue weighted by Crippen LogP contribution is -2.38. The summed E-state index contributed by atoms with van der Waals surface area (Å²) in [6.07, 6.45) is 0.495. The van der Waals surface area contributed by atoms with Crippen LogP contribution in [0.15, 0.2) is 23.6 Å². The number of amides is 1. The van der Waals surface area contributed by atoms with Crippen LogP contribution in [0.1, 0.15) is 16.9 Å². The molecule has 1 fully saturated rings. The van der Waals surface area contributed by atoms with Crippen LogP contribution < -0.4 is 0 Å². The summed E-state index contributed by atoms with van der Waals surface area (Å²) in [5.74, 6) is -0.0434. The number of sulfone groups is 1. The Morgan fingerprint density at radius 2 is 2.27 bits per heavy atom. The molecule has 0 radical (unpaired) electrons. The topological polar surface area (TPSA) is 72.3 Å². The second-order valence-corrected chi connectivity index (χ2v) is 8.67. The number of thiophene rings is 1. The van der Waals surface area contributed by atoms with Gasteiger partial charge in [-0.05, 0) is 23.9 Å². The highest BCUT2D eigenvalue weighted by Crippen LogP contribution is 2.26. The molecule has 22 heavy (non-hydrogen) atoms. The first kappa shape index (κ1) is 15.2. The van der Waals surface area contributed by atoms with Gasteiger partial charge in [0.05, 0.1) is 22.1 Å². The molecule has 8 heteroatoms. The Morgan fingerprint density at radius 3 is 2.86 bits per heavy atom. The summed E-state index contributed by atoms with van der Waals surface area (Å²) < 4.78 is 24.8. The summed E-state index contributed by atoms with van der Waals surface area (Å²) in [6, 6.07) is 5.42. The SMILES string of the molecule is CN(C(=O)c1cc(-c2cccs2)n(C)n1)C1CCS(=O)(=O)C1. The van der Waals surface area contributed by atoms with E-state index in [9.17, 15) is 13.2 Å². The summed E-state index contributed by atoms with van der Waals surface area (Å²) in [7, 11) is 0.431. The van der Waals surface area contributed by atoms with Gasteiger partial charge in [-0.3, -0.25) is 9.48 Å². The molecule has 0 aromatic carbocycles. The molecule has 3 rings (SSSR count). The van der Waals surface area contributed by atoms with E-state index in [2.05, 4.69) is 5.10 Å². The van der Waals surface area contributed by atoms with Gasteiger partial charge in [0.2, 0.25) is 0 Å². The van der Waals surface area contributed by atoms with Gasteiger partial charge in [0.1, 0.15) is 0 Å². The Bertz CT molecular complexity index is 793. The summed E-state index contributed by atoms with van der Waals surface area (Å²) in [4.78, 5) is 15.1. The zero-order chi connectivity index (χ0) is 15.9. The zero-order valence-electron chi connectivity index (χ0n) is 12.4. The van der Waals surface area contributed by atoms with Gasteiger partial charge in [-0.25, -0.2) is 8.42 Å². The maximum Gasteiger partial charge on any atom is 0.274 e. The molecule has 6 nitrogen and oxygen atoms in total. The minimum atomic E-state index is -3.01. The van der Waals surface area contributed by atoms with E-state index < -0.39 is 9.84 Å². The van der Waals surface area contributed by atoms with Crippen LogP contribution in [0.5, 0.6) is 0 Å². The molecule has 1 aliphatic heterocycles. The third-order valence-electron chi connectivity index (χ3n) is 3.95. The molecular formula is C14H17N3O3S2. The maximum absolute atomic E-state index is 12.5. The largest absolute Gasteiger partial charge is 0.336 e. The van der Waals surface area contributed by atoms with Crippen LogP contribution >= 0.6 is 11.3 Å². The van der Waals surface area contributed by atoms with E-state index in [4.69, 9.17) is 0 Å². The fraction of sp³-hybridized carbons (Fsp3) is 0.429. The van der Waals surface area contributed by atoms with Crippen LogP contribution in [0, 0.1) is 0 Å². The van der Waals surface area contributed by atoms with E-state index in [1.165, 1.54) is 4.90 Å². The monoisotopic (exact) mass is 339 g/mol. The summed E-state index contributed by atoms with van der Waals surface area (Å²) in [5.41, 5.74) is 1.23. The van der Waals surface area contributed by atoms with Gasteiger partial charge in [-0.15, -0.1) is 11.3 Å². The first-order chi connectivity index (χ1) is 10.4. The number of hydrogen-bond donors (Lipinski definition) is 0. The highest BCUT2D eigenvalue weighted by atomic mass is 32.2. The van der Waals surface area contributed by atoms with Crippen molar-refractivity contribution in [1.82, 2.24) is 14.7 Å². The van der Waals surface area contributed by atoms with Crippen molar-refractivity contribution in [2.24, 2.45) is 7.05 Å². The van der Waals surface area contributed by atoms with Gasteiger partial charge >= 0.3 is 0 Å². The number of aromatic nitrogens is 2. The van der Waals surface area contributed by atoms with Crippen LogP contribution in [0.2, 0.25) is 0 Å². The maximum atomic E-state index is 12.5. The minimum absolute atomic E-state index is 0.0415. The molecule has 1 atom stereocenters. The smallest absolute Gasteiger partial charge is 0.274 e. The summed E-state index contributed by atoms with van der Waals surface area (Å²) >= 11 is 1.58. The lowest BCUT2D eigenvalue weighted by atomic mass is 10.2. The predicted octanol–water partition coefficient (Wildman–Crippen LogP) is 1.41. The highest BCUT2D eigenvalue weighted by molar-refractivity contribution is 7.91. The van der Waals surface area contributed by atoms with E-state index in [-0.39, 0.29) is 23.5 Å². The molecule has 0 saturated carbocycles. The molecule has 2 aromatic heterocycles. The molecule has 1 aliphatic rings. The Kier molecular flexibility index (Phi) is 3.82. The molecule has 0 spiro atoms. The molecule has 0 N–H and O–H groups in total. The Balaban J connectivity index is 1.82. The zero-order valence-corrected chi connectivity index (χ0v) is 14.0. The summed E-state index contributed by atoms with van der Waals surface area (Å²) in [5, 5.41) is 6.25. The third-order valence-corrected chi connectivity index (χ3v) is 6.59. The quantitative estimate of drug-likeness (QED) is 0.847. The van der Waals surface area contributed by atoms with E-state index >= 15 is 0 Å². The number of carbonyl (C=O) groups is 1. The molecular weight excluding hydrogens is 322 g/mol. The predicted molar refractivity (Wildman–Crippen MR) is 85.7 cm³/mol. The van der Waals surface area contributed by atoms with Gasteiger partial charge in [0, 0.05) is 20.1 Å². The van der Waals surface area contributed by atoms with E-state index in [1.807, 2.05) is 17.5 Å². The van der Waals surface area contributed by atoms with Crippen molar-refractivity contribution in [3.8, 4) is 10.6 Å². The van der Waals surface area contributed by atoms with Crippen molar-refractivity contribution < 1.29 is 13.2 Å². The van der Waals surface area contributed by atoms with Gasteiger partial charge in [0.15, 0.2) is 15.5 Å². The van der Waals surface area contributed by atoms with Crippen molar-refractivity contribution >= 4 is 27.1 Å². The third kappa shape index (κ3) is 2.80. The van der Waals surface area contributed by atoms with Crippen LogP contribution in [-0.2, 0) is 16.9 Å². The molecule has 0 bridgehead atoms. The summed E-state index contributed by atoms with van der Waals surface area (Å²) in [6.45, 7) is 0. The molecule has 118 valence electrons.